The van der Waals surface area contributed by atoms with E-state index in [9.17, 15) is 14.9 Å². The summed E-state index contributed by atoms with van der Waals surface area (Å²) in [5.41, 5.74) is 3.29. The van der Waals surface area contributed by atoms with Gasteiger partial charge in [0.25, 0.3) is 5.91 Å². The smallest absolute Gasteiger partial charge is 0.311 e. The third kappa shape index (κ3) is 3.89. The van der Waals surface area contributed by atoms with Gasteiger partial charge in [0.2, 0.25) is 0 Å². The van der Waals surface area contributed by atoms with Gasteiger partial charge in [0, 0.05) is 22.9 Å². The molecule has 0 bridgehead atoms. The number of nitrogens with zero attached hydrogens (tertiary/aromatic N) is 3. The number of rotatable bonds is 6. The molecule has 2 aromatic carbocycles. The number of nitro groups is 1. The van der Waals surface area contributed by atoms with Crippen LogP contribution in [0.25, 0.3) is 0 Å². The van der Waals surface area contributed by atoms with Crippen LogP contribution in [-0.4, -0.2) is 27.7 Å². The minimum absolute atomic E-state index is 0.124. The van der Waals surface area contributed by atoms with E-state index < -0.39 is 4.92 Å². The molecule has 4 rings (SSSR count). The second-order valence-corrected chi connectivity index (χ2v) is 7.25. The number of nitrogens with one attached hydrogen (secondary N) is 1. The van der Waals surface area contributed by atoms with Crippen LogP contribution < -0.4 is 10.1 Å². The minimum Gasteiger partial charge on any atom is -0.490 e. The van der Waals surface area contributed by atoms with E-state index in [0.717, 1.165) is 30.5 Å². The van der Waals surface area contributed by atoms with Crippen molar-refractivity contribution in [3.8, 4) is 5.75 Å². The third-order valence-corrected chi connectivity index (χ3v) is 5.38. The largest absolute Gasteiger partial charge is 0.490 e. The van der Waals surface area contributed by atoms with Crippen LogP contribution in [0.15, 0.2) is 54.7 Å². The van der Waals surface area contributed by atoms with Crippen LogP contribution in [0.4, 0.5) is 5.69 Å². The number of methoxy groups -OCH3 is 1. The van der Waals surface area contributed by atoms with Gasteiger partial charge >= 0.3 is 5.69 Å². The van der Waals surface area contributed by atoms with Crippen molar-refractivity contribution in [2.45, 2.75) is 31.8 Å². The molecular weight excluding hydrogens is 384 g/mol. The molecule has 1 aliphatic rings. The highest BCUT2D eigenvalue weighted by Gasteiger charge is 2.27. The lowest BCUT2D eigenvalue weighted by atomic mass is 9.92. The Labute approximate surface area is 173 Å². The van der Waals surface area contributed by atoms with E-state index in [4.69, 9.17) is 4.74 Å². The molecule has 8 heteroatoms. The van der Waals surface area contributed by atoms with Crippen LogP contribution in [0.2, 0.25) is 0 Å². The van der Waals surface area contributed by atoms with Gasteiger partial charge in [-0.15, -0.1) is 0 Å². The van der Waals surface area contributed by atoms with Crippen molar-refractivity contribution < 1.29 is 14.5 Å². The maximum absolute atomic E-state index is 12.8. The Kier molecular flexibility index (Phi) is 5.47. The maximum Gasteiger partial charge on any atom is 0.311 e. The summed E-state index contributed by atoms with van der Waals surface area (Å²) in [6.45, 7) is 0.682. The molecule has 154 valence electrons. The van der Waals surface area contributed by atoms with Gasteiger partial charge in [-0.1, -0.05) is 30.3 Å². The van der Waals surface area contributed by atoms with E-state index in [2.05, 4.69) is 22.5 Å². The van der Waals surface area contributed by atoms with Crippen molar-refractivity contribution >= 4 is 11.6 Å². The summed E-state index contributed by atoms with van der Waals surface area (Å²) < 4.78 is 6.99. The zero-order valence-corrected chi connectivity index (χ0v) is 16.6. The van der Waals surface area contributed by atoms with Gasteiger partial charge in [-0.2, -0.15) is 5.10 Å². The predicted molar refractivity (Wildman–Crippen MR) is 111 cm³/mol. The molecule has 1 atom stereocenters. The first-order valence-corrected chi connectivity index (χ1v) is 9.78. The van der Waals surface area contributed by atoms with Crippen LogP contribution in [0, 0.1) is 10.1 Å². The zero-order valence-electron chi connectivity index (χ0n) is 16.6. The molecule has 30 heavy (non-hydrogen) atoms. The van der Waals surface area contributed by atoms with Crippen molar-refractivity contribution in [3.63, 3.8) is 0 Å². The summed E-state index contributed by atoms with van der Waals surface area (Å²) in [5.74, 6) is -0.229. The Morgan fingerprint density at radius 1 is 1.30 bits per heavy atom. The topological polar surface area (TPSA) is 99.3 Å². The summed E-state index contributed by atoms with van der Waals surface area (Å²) >= 11 is 0. The summed E-state index contributed by atoms with van der Waals surface area (Å²) in [5, 5.41) is 18.8. The third-order valence-electron chi connectivity index (χ3n) is 5.38. The molecule has 0 saturated heterocycles. The Bertz CT molecular complexity index is 1080. The normalized spacial score (nSPS) is 15.3. The van der Waals surface area contributed by atoms with Crippen LogP contribution in [0.3, 0.4) is 0 Å². The molecule has 3 aromatic rings. The van der Waals surface area contributed by atoms with Crippen molar-refractivity contribution in [1.82, 2.24) is 15.1 Å². The van der Waals surface area contributed by atoms with Gasteiger partial charge < -0.3 is 10.1 Å². The Balaban J connectivity index is 1.54. The van der Waals surface area contributed by atoms with Crippen LogP contribution in [-0.2, 0) is 13.0 Å². The highest BCUT2D eigenvalue weighted by atomic mass is 16.6. The number of amides is 1. The van der Waals surface area contributed by atoms with Crippen molar-refractivity contribution in [2.75, 3.05) is 7.11 Å². The van der Waals surface area contributed by atoms with Crippen molar-refractivity contribution in [1.29, 1.82) is 0 Å². The Morgan fingerprint density at radius 2 is 2.10 bits per heavy atom. The number of carbonyl (C=O) groups is 1. The Morgan fingerprint density at radius 3 is 2.83 bits per heavy atom. The number of carbonyl (C=O) groups excluding carboxylic acids is 1. The summed E-state index contributed by atoms with van der Waals surface area (Å²) in [6, 6.07) is 14.2. The van der Waals surface area contributed by atoms with Crippen LogP contribution in [0.5, 0.6) is 5.75 Å². The highest BCUT2D eigenvalue weighted by Crippen LogP contribution is 2.31. The maximum atomic E-state index is 12.8. The lowest BCUT2D eigenvalue weighted by Gasteiger charge is -2.24. The van der Waals surface area contributed by atoms with E-state index in [1.54, 1.807) is 0 Å². The number of hydrogen-bond acceptors (Lipinski definition) is 5. The molecule has 0 aliphatic heterocycles. The molecule has 1 aliphatic carbocycles. The van der Waals surface area contributed by atoms with Gasteiger partial charge in [0.1, 0.15) is 0 Å². The summed E-state index contributed by atoms with van der Waals surface area (Å²) in [4.78, 5) is 23.5. The summed E-state index contributed by atoms with van der Waals surface area (Å²) in [6.07, 6.45) is 4.45. The highest BCUT2D eigenvalue weighted by molar-refractivity contribution is 5.95. The SMILES string of the molecule is COc1ccc(C(=O)N[C@@H]2CCCc3c2cnn3Cc2ccccc2)cc1[N+](=O)[O-]. The van der Waals surface area contributed by atoms with Crippen LogP contribution >= 0.6 is 0 Å². The first kappa shape index (κ1) is 19.6. The molecule has 0 fully saturated rings. The fourth-order valence-corrected chi connectivity index (χ4v) is 3.88. The molecule has 0 saturated carbocycles. The zero-order chi connectivity index (χ0) is 21.1. The van der Waals surface area contributed by atoms with Gasteiger partial charge in [-0.3, -0.25) is 19.6 Å². The fraction of sp³-hybridized carbons (Fsp3) is 0.273. The van der Waals surface area contributed by atoms with E-state index in [-0.39, 0.29) is 28.9 Å². The lowest BCUT2D eigenvalue weighted by molar-refractivity contribution is -0.385. The van der Waals surface area contributed by atoms with E-state index in [0.29, 0.717) is 6.54 Å². The van der Waals surface area contributed by atoms with Crippen molar-refractivity contribution in [2.24, 2.45) is 0 Å². The number of aromatic nitrogens is 2. The first-order valence-electron chi connectivity index (χ1n) is 9.78. The molecule has 1 aromatic heterocycles. The number of hydrogen-bond donors (Lipinski definition) is 1. The molecular formula is C22H22N4O4. The van der Waals surface area contributed by atoms with Crippen molar-refractivity contribution in [3.05, 3.63) is 87.2 Å². The lowest BCUT2D eigenvalue weighted by Crippen LogP contribution is -2.31. The quantitative estimate of drug-likeness (QED) is 0.497. The van der Waals surface area contributed by atoms with Gasteiger partial charge in [0.15, 0.2) is 5.75 Å². The van der Waals surface area contributed by atoms with Gasteiger partial charge in [0.05, 0.1) is 30.8 Å². The minimum atomic E-state index is -0.554. The number of ether oxygens (including phenoxy) is 1. The first-order chi connectivity index (χ1) is 14.6. The van der Waals surface area contributed by atoms with E-state index in [1.807, 2.05) is 29.1 Å². The monoisotopic (exact) mass is 406 g/mol. The Hall–Kier alpha value is -3.68. The van der Waals surface area contributed by atoms with Gasteiger partial charge in [-0.25, -0.2) is 0 Å². The molecule has 0 spiro atoms. The van der Waals surface area contributed by atoms with E-state index in [1.165, 1.54) is 30.9 Å². The molecule has 0 unspecified atom stereocenters. The second-order valence-electron chi connectivity index (χ2n) is 7.25. The van der Waals surface area contributed by atoms with Crippen LogP contribution in [0.1, 0.15) is 46.1 Å². The fourth-order valence-electron chi connectivity index (χ4n) is 3.88. The average molecular weight is 406 g/mol. The molecule has 0 radical (unpaired) electrons. The van der Waals surface area contributed by atoms with E-state index >= 15 is 0 Å². The standard InChI is InChI=1S/C22H22N4O4/c1-30-21-11-10-16(12-20(21)26(28)29)22(27)24-18-8-5-9-19-17(18)13-23-25(19)14-15-6-3-2-4-7-15/h2-4,6-7,10-13,18H,5,8-9,14H2,1H3,(H,24,27)/t18-/m1/s1. The number of nitro benzene ring substituents is 1. The number of benzene rings is 2. The summed E-state index contributed by atoms with van der Waals surface area (Å²) in [7, 11) is 1.36. The average Bonchev–Trinajstić information content (AvgIpc) is 3.17. The number of fused-ring (bicyclic) bond motifs is 1. The molecule has 8 nitrogen and oxygen atoms in total. The molecule has 1 heterocycles. The predicted octanol–water partition coefficient (Wildman–Crippen LogP) is 3.66. The van der Waals surface area contributed by atoms with Gasteiger partial charge in [-0.05, 0) is 37.0 Å². The molecule has 1 amide bonds. The second kappa shape index (κ2) is 8.36. The molecule has 1 N–H and O–H groups in total.